The summed E-state index contributed by atoms with van der Waals surface area (Å²) in [5.41, 5.74) is 7.47. The summed E-state index contributed by atoms with van der Waals surface area (Å²) in [7, 11) is 0. The second-order valence-electron chi connectivity index (χ2n) is 5.87. The molecular formula is C18H17Cl2N3O3S. The lowest BCUT2D eigenvalue weighted by Gasteiger charge is -2.12. The van der Waals surface area contributed by atoms with Gasteiger partial charge in [-0.1, -0.05) is 23.2 Å². The molecule has 27 heavy (non-hydrogen) atoms. The van der Waals surface area contributed by atoms with Crippen LogP contribution in [0.3, 0.4) is 0 Å². The number of ether oxygens (including phenoxy) is 1. The Morgan fingerprint density at radius 3 is 2.70 bits per heavy atom. The number of aliphatic hydroxyl groups excluding tert-OH is 1. The summed E-state index contributed by atoms with van der Waals surface area (Å²) in [6, 6.07) is 9.67. The van der Waals surface area contributed by atoms with Crippen LogP contribution in [0.25, 0.3) is 0 Å². The average Bonchev–Trinajstić information content (AvgIpc) is 3.01. The molecule has 2 amide bonds. The highest BCUT2D eigenvalue weighted by Gasteiger charge is 2.18. The van der Waals surface area contributed by atoms with Crippen LogP contribution in [0.5, 0.6) is 5.75 Å². The molecule has 142 valence electrons. The van der Waals surface area contributed by atoms with Gasteiger partial charge in [0, 0.05) is 17.9 Å². The first-order valence-corrected chi connectivity index (χ1v) is 9.80. The maximum atomic E-state index is 10.8. The van der Waals surface area contributed by atoms with Gasteiger partial charge < -0.3 is 20.9 Å². The summed E-state index contributed by atoms with van der Waals surface area (Å²) in [4.78, 5) is 15.3. The maximum Gasteiger partial charge on any atom is 0.316 e. The van der Waals surface area contributed by atoms with E-state index in [1.807, 2.05) is 6.07 Å². The van der Waals surface area contributed by atoms with Crippen molar-refractivity contribution >= 4 is 57.4 Å². The zero-order valence-electron chi connectivity index (χ0n) is 14.1. The van der Waals surface area contributed by atoms with Crippen molar-refractivity contribution in [2.75, 3.05) is 17.7 Å². The number of hydrogen-bond donors (Lipinski definition) is 3. The van der Waals surface area contributed by atoms with Gasteiger partial charge in [0.15, 0.2) is 0 Å². The Labute approximate surface area is 170 Å². The molecule has 0 bridgehead atoms. The van der Waals surface area contributed by atoms with Gasteiger partial charge >= 0.3 is 6.03 Å². The smallest absolute Gasteiger partial charge is 0.316 e. The fraction of sp³-hybridized carbons (Fsp3) is 0.222. The predicted octanol–water partition coefficient (Wildman–Crippen LogP) is 4.24. The number of nitrogens with one attached hydrogen (secondary N) is 1. The van der Waals surface area contributed by atoms with E-state index in [2.05, 4.69) is 10.3 Å². The molecule has 6 nitrogen and oxygen atoms in total. The molecule has 0 saturated heterocycles. The fourth-order valence-electron chi connectivity index (χ4n) is 2.45. The lowest BCUT2D eigenvalue weighted by Crippen LogP contribution is -2.21. The third-order valence-corrected chi connectivity index (χ3v) is 5.56. The standard InChI is InChI=1S/C18H17Cl2N3O3S/c19-14-5-10-6-17(23-16(10)7-15(14)20)27-9-12(24)8-26-13-3-1-11(2-4-13)22-18(21)25/h1-5,7,12,24H,6,8-9H2,(H3,21,22,25)/t12-/m1/s1. The van der Waals surface area contributed by atoms with Crippen molar-refractivity contribution in [1.82, 2.24) is 0 Å². The number of amides is 2. The molecule has 2 aromatic carbocycles. The van der Waals surface area contributed by atoms with Crippen LogP contribution in [0, 0.1) is 0 Å². The number of nitrogens with two attached hydrogens (primary N) is 1. The number of carbonyl (C=O) groups is 1. The molecule has 3 rings (SSSR count). The van der Waals surface area contributed by atoms with Crippen LogP contribution in [0.1, 0.15) is 5.56 Å². The minimum Gasteiger partial charge on any atom is -0.491 e. The Bertz CT molecular complexity index is 875. The third kappa shape index (κ3) is 5.52. The molecule has 4 N–H and O–H groups in total. The molecule has 2 aromatic rings. The van der Waals surface area contributed by atoms with Crippen LogP contribution >= 0.6 is 35.0 Å². The molecule has 1 heterocycles. The first-order valence-electron chi connectivity index (χ1n) is 8.06. The Hall–Kier alpha value is -1.93. The van der Waals surface area contributed by atoms with Crippen LogP contribution in [0.4, 0.5) is 16.2 Å². The summed E-state index contributed by atoms with van der Waals surface area (Å²) in [5.74, 6) is 1.04. The molecule has 0 unspecified atom stereocenters. The quantitative estimate of drug-likeness (QED) is 0.644. The predicted molar refractivity (Wildman–Crippen MR) is 111 cm³/mol. The SMILES string of the molecule is NC(=O)Nc1ccc(OC[C@@H](O)CSC2=Nc3cc(Cl)c(Cl)cc3C2)cc1. The molecule has 9 heteroatoms. The van der Waals surface area contributed by atoms with Crippen LogP contribution in [0.2, 0.25) is 10.0 Å². The summed E-state index contributed by atoms with van der Waals surface area (Å²) >= 11 is 13.5. The highest BCUT2D eigenvalue weighted by Crippen LogP contribution is 2.36. The highest BCUT2D eigenvalue weighted by atomic mass is 35.5. The highest BCUT2D eigenvalue weighted by molar-refractivity contribution is 8.14. The zero-order valence-corrected chi connectivity index (χ0v) is 16.4. The summed E-state index contributed by atoms with van der Waals surface area (Å²) in [5, 5.41) is 14.5. The lowest BCUT2D eigenvalue weighted by molar-refractivity contribution is 0.126. The number of aliphatic hydroxyl groups is 1. The van der Waals surface area contributed by atoms with Gasteiger partial charge in [-0.3, -0.25) is 0 Å². The van der Waals surface area contributed by atoms with Crippen LogP contribution in [-0.2, 0) is 6.42 Å². The van der Waals surface area contributed by atoms with Gasteiger partial charge in [0.2, 0.25) is 0 Å². The van der Waals surface area contributed by atoms with Gasteiger partial charge in [-0.05, 0) is 42.0 Å². The van der Waals surface area contributed by atoms with E-state index in [0.717, 1.165) is 16.3 Å². The molecule has 1 aliphatic heterocycles. The number of rotatable bonds is 6. The number of carbonyl (C=O) groups excluding carboxylic acids is 1. The van der Waals surface area contributed by atoms with Gasteiger partial charge in [0.05, 0.1) is 26.9 Å². The van der Waals surface area contributed by atoms with Crippen molar-refractivity contribution in [1.29, 1.82) is 0 Å². The van der Waals surface area contributed by atoms with E-state index in [1.165, 1.54) is 11.8 Å². The van der Waals surface area contributed by atoms with Crippen molar-refractivity contribution in [2.24, 2.45) is 10.7 Å². The van der Waals surface area contributed by atoms with Gasteiger partial charge in [-0.25, -0.2) is 9.79 Å². The molecule has 0 aromatic heterocycles. The Morgan fingerprint density at radius 1 is 1.30 bits per heavy atom. The zero-order chi connectivity index (χ0) is 19.4. The minimum atomic E-state index is -0.656. The van der Waals surface area contributed by atoms with E-state index in [1.54, 1.807) is 30.3 Å². The summed E-state index contributed by atoms with van der Waals surface area (Å²) < 4.78 is 5.55. The van der Waals surface area contributed by atoms with Crippen LogP contribution < -0.4 is 15.8 Å². The van der Waals surface area contributed by atoms with E-state index in [4.69, 9.17) is 33.7 Å². The van der Waals surface area contributed by atoms with Crippen LogP contribution in [0.15, 0.2) is 41.4 Å². The van der Waals surface area contributed by atoms with E-state index >= 15 is 0 Å². The molecule has 0 aliphatic carbocycles. The molecule has 0 fully saturated rings. The third-order valence-electron chi connectivity index (χ3n) is 3.71. The molecule has 0 radical (unpaired) electrons. The molecule has 0 spiro atoms. The number of anilines is 1. The summed E-state index contributed by atoms with van der Waals surface area (Å²) in [6.07, 6.45) is 0.0238. The van der Waals surface area contributed by atoms with Gasteiger partial charge in [0.1, 0.15) is 12.4 Å². The number of primary amides is 1. The number of fused-ring (bicyclic) bond motifs is 1. The number of nitrogens with zero attached hydrogens (tertiary/aromatic N) is 1. The van der Waals surface area contributed by atoms with Crippen molar-refractivity contribution in [3.63, 3.8) is 0 Å². The van der Waals surface area contributed by atoms with E-state index in [-0.39, 0.29) is 6.61 Å². The molecule has 1 atom stereocenters. The number of benzene rings is 2. The normalized spacial score (nSPS) is 13.7. The molecule has 0 saturated carbocycles. The van der Waals surface area contributed by atoms with Gasteiger partial charge in [-0.15, -0.1) is 11.8 Å². The van der Waals surface area contributed by atoms with Crippen molar-refractivity contribution < 1.29 is 14.6 Å². The van der Waals surface area contributed by atoms with Crippen molar-refractivity contribution in [3.8, 4) is 5.75 Å². The van der Waals surface area contributed by atoms with Gasteiger partial charge in [0.25, 0.3) is 0 Å². The lowest BCUT2D eigenvalue weighted by atomic mass is 10.1. The minimum absolute atomic E-state index is 0.146. The van der Waals surface area contributed by atoms with E-state index < -0.39 is 12.1 Å². The number of halogens is 2. The fourth-order valence-corrected chi connectivity index (χ4v) is 3.70. The second kappa shape index (κ2) is 8.84. The monoisotopic (exact) mass is 425 g/mol. The number of aliphatic imine (C=N–C) groups is 1. The number of thioether (sulfide) groups is 1. The maximum absolute atomic E-state index is 10.8. The van der Waals surface area contributed by atoms with E-state index in [0.29, 0.717) is 33.7 Å². The van der Waals surface area contributed by atoms with Crippen molar-refractivity contribution in [2.45, 2.75) is 12.5 Å². The Kier molecular flexibility index (Phi) is 6.49. The second-order valence-corrected chi connectivity index (χ2v) is 7.77. The molecular weight excluding hydrogens is 409 g/mol. The first-order chi connectivity index (χ1) is 12.9. The Morgan fingerprint density at radius 2 is 2.00 bits per heavy atom. The largest absolute Gasteiger partial charge is 0.491 e. The van der Waals surface area contributed by atoms with Crippen molar-refractivity contribution in [3.05, 3.63) is 52.0 Å². The average molecular weight is 426 g/mol. The summed E-state index contributed by atoms with van der Waals surface area (Å²) in [6.45, 7) is 0.146. The first kappa shape index (κ1) is 19.8. The molecule has 1 aliphatic rings. The number of urea groups is 1. The topological polar surface area (TPSA) is 96.9 Å². The van der Waals surface area contributed by atoms with Crippen LogP contribution in [-0.4, -0.2) is 34.6 Å². The number of hydrogen-bond acceptors (Lipinski definition) is 5. The Balaban J connectivity index is 1.44. The van der Waals surface area contributed by atoms with Gasteiger partial charge in [-0.2, -0.15) is 0 Å². The van der Waals surface area contributed by atoms with E-state index in [9.17, 15) is 9.90 Å².